The van der Waals surface area contributed by atoms with Crippen molar-refractivity contribution in [3.8, 4) is 28.4 Å². The van der Waals surface area contributed by atoms with Gasteiger partial charge in [-0.15, -0.1) is 0 Å². The molecule has 40 heavy (non-hydrogen) atoms. The van der Waals surface area contributed by atoms with E-state index in [4.69, 9.17) is 14.8 Å². The van der Waals surface area contributed by atoms with Gasteiger partial charge in [-0.1, -0.05) is 38.5 Å². The summed E-state index contributed by atoms with van der Waals surface area (Å²) in [5.74, 6) is 3.09. The van der Waals surface area contributed by atoms with Gasteiger partial charge in [-0.05, 0) is 79.8 Å². The van der Waals surface area contributed by atoms with Gasteiger partial charge in [-0.3, -0.25) is 14.7 Å². The van der Waals surface area contributed by atoms with Crippen molar-refractivity contribution in [3.05, 3.63) is 60.4 Å². The van der Waals surface area contributed by atoms with Crippen LogP contribution in [0.2, 0.25) is 0 Å². The molecule has 7 nitrogen and oxygen atoms in total. The van der Waals surface area contributed by atoms with Crippen LogP contribution in [0.3, 0.4) is 0 Å². The average Bonchev–Trinajstić information content (AvgIpc) is 3.53. The molecule has 7 heteroatoms. The summed E-state index contributed by atoms with van der Waals surface area (Å²) in [6.07, 6.45) is 4.79. The van der Waals surface area contributed by atoms with E-state index < -0.39 is 0 Å². The molecule has 1 aliphatic heterocycles. The predicted molar refractivity (Wildman–Crippen MR) is 163 cm³/mol. The Kier molecular flexibility index (Phi) is 7.32. The van der Waals surface area contributed by atoms with Crippen LogP contribution in [0.1, 0.15) is 52.8 Å². The highest BCUT2D eigenvalue weighted by molar-refractivity contribution is 5.98. The van der Waals surface area contributed by atoms with Crippen LogP contribution >= 0.6 is 0 Å². The van der Waals surface area contributed by atoms with Crippen LogP contribution < -0.4 is 4.74 Å². The van der Waals surface area contributed by atoms with Gasteiger partial charge in [0, 0.05) is 48.6 Å². The van der Waals surface area contributed by atoms with E-state index in [1.54, 1.807) is 0 Å². The number of benzene rings is 3. The Bertz CT molecular complexity index is 1620. The summed E-state index contributed by atoms with van der Waals surface area (Å²) < 4.78 is 8.14. The van der Waals surface area contributed by atoms with Gasteiger partial charge >= 0.3 is 0 Å². The molecule has 0 aliphatic carbocycles. The molecule has 1 fully saturated rings. The topological polar surface area (TPSA) is 71.9 Å². The predicted octanol–water partition coefficient (Wildman–Crippen LogP) is 7.02. The first-order valence-electron chi connectivity index (χ1n) is 14.7. The highest BCUT2D eigenvalue weighted by Gasteiger charge is 2.24. The minimum Gasteiger partial charge on any atom is -0.492 e. The normalized spacial score (nSPS) is 18.2. The van der Waals surface area contributed by atoms with Gasteiger partial charge in [0.1, 0.15) is 23.9 Å². The molecule has 6 rings (SSSR count). The van der Waals surface area contributed by atoms with Crippen LogP contribution in [-0.4, -0.2) is 55.1 Å². The van der Waals surface area contributed by atoms with E-state index in [2.05, 4.69) is 97.4 Å². The van der Waals surface area contributed by atoms with E-state index in [9.17, 15) is 0 Å². The third-order valence-corrected chi connectivity index (χ3v) is 8.32. The third kappa shape index (κ3) is 5.35. The Hall–Kier alpha value is -3.71. The lowest BCUT2D eigenvalue weighted by Gasteiger charge is -2.38. The summed E-state index contributed by atoms with van der Waals surface area (Å²) in [6.45, 7) is 10.7. The second kappa shape index (κ2) is 11.0. The maximum atomic E-state index is 6.20. The lowest BCUT2D eigenvalue weighted by Crippen LogP contribution is -2.45. The zero-order chi connectivity index (χ0) is 27.8. The van der Waals surface area contributed by atoms with Crippen LogP contribution in [0, 0.1) is 5.92 Å². The van der Waals surface area contributed by atoms with Gasteiger partial charge in [0.15, 0.2) is 5.82 Å². The smallest absolute Gasteiger partial charge is 0.181 e. The van der Waals surface area contributed by atoms with E-state index in [-0.39, 0.29) is 0 Å². The highest BCUT2D eigenvalue weighted by Crippen LogP contribution is 2.33. The van der Waals surface area contributed by atoms with E-state index in [1.807, 2.05) is 11.7 Å². The molecule has 0 spiro atoms. The first-order valence-corrected chi connectivity index (χ1v) is 14.7. The number of nitrogens with one attached hydrogen (secondary N) is 1. The zero-order valence-electron chi connectivity index (χ0n) is 24.3. The number of fused-ring (bicyclic) bond motifs is 2. The molecule has 0 saturated carbocycles. The second-order valence-electron chi connectivity index (χ2n) is 11.8. The Balaban J connectivity index is 1.23. The van der Waals surface area contributed by atoms with Crippen molar-refractivity contribution < 1.29 is 4.74 Å². The van der Waals surface area contributed by atoms with Gasteiger partial charge < -0.3 is 4.74 Å². The highest BCUT2D eigenvalue weighted by atomic mass is 16.5. The molecule has 0 amide bonds. The first kappa shape index (κ1) is 26.5. The van der Waals surface area contributed by atoms with Crippen molar-refractivity contribution in [1.29, 1.82) is 0 Å². The second-order valence-corrected chi connectivity index (χ2v) is 11.8. The first-order chi connectivity index (χ1) is 19.4. The van der Waals surface area contributed by atoms with Gasteiger partial charge in [-0.25, -0.2) is 4.98 Å². The quantitative estimate of drug-likeness (QED) is 0.231. The number of ether oxygens (including phenoxy) is 1. The number of nitrogens with zero attached hydrogens (tertiary/aromatic N) is 5. The van der Waals surface area contributed by atoms with Crippen LogP contribution in [0.5, 0.6) is 5.75 Å². The maximum absolute atomic E-state index is 6.20. The number of hydrogen-bond acceptors (Lipinski definition) is 5. The number of piperidine rings is 1. The maximum Gasteiger partial charge on any atom is 0.181 e. The van der Waals surface area contributed by atoms with Crippen molar-refractivity contribution in [2.45, 2.75) is 65.5 Å². The minimum absolute atomic E-state index is 0.524. The summed E-state index contributed by atoms with van der Waals surface area (Å²) in [5, 5.41) is 15.9. The summed E-state index contributed by atoms with van der Waals surface area (Å²) in [4.78, 5) is 7.32. The zero-order valence-corrected chi connectivity index (χ0v) is 24.3. The van der Waals surface area contributed by atoms with E-state index >= 15 is 0 Å². The third-order valence-electron chi connectivity index (χ3n) is 8.32. The summed E-state index contributed by atoms with van der Waals surface area (Å²) in [5.41, 5.74) is 4.12. The molecular weight excluding hydrogens is 496 g/mol. The lowest BCUT2D eigenvalue weighted by atomic mass is 9.98. The summed E-state index contributed by atoms with van der Waals surface area (Å²) in [7, 11) is 2.00. The van der Waals surface area contributed by atoms with Crippen LogP contribution in [0.4, 0.5) is 0 Å². The molecule has 1 N–H and O–H groups in total. The summed E-state index contributed by atoms with van der Waals surface area (Å²) in [6, 6.07) is 20.6. The van der Waals surface area contributed by atoms with Crippen LogP contribution in [0.15, 0.2) is 54.6 Å². The molecule has 3 aromatic carbocycles. The molecule has 2 atom stereocenters. The standard InChI is InChI=1S/C33H40N6O/c1-21(2)17-31-34-33(36-35-31)27-12-14-30-29(20-27)32(37-38(30)5)26-10-9-25-19-28(13-11-24(25)18-26)40-16-15-39-22(3)7-6-8-23(39)4/h9-14,18-23H,6-8,15-17H2,1-5H3,(H,34,35,36)/t22-,23+. The van der Waals surface area contributed by atoms with Gasteiger partial charge in [0.25, 0.3) is 0 Å². The van der Waals surface area contributed by atoms with Crippen LogP contribution in [0.25, 0.3) is 44.3 Å². The summed E-state index contributed by atoms with van der Waals surface area (Å²) >= 11 is 0. The van der Waals surface area contributed by atoms with Crippen molar-refractivity contribution in [2.24, 2.45) is 13.0 Å². The van der Waals surface area contributed by atoms with Crippen molar-refractivity contribution in [1.82, 2.24) is 29.9 Å². The SMILES string of the molecule is CC(C)Cc1nc(-c2ccc3c(c2)c(-c2ccc4cc(OCCN5[C@H](C)CCC[C@@H]5C)ccc4c2)nn3C)n[nH]1. The number of aryl methyl sites for hydroxylation is 1. The molecule has 0 bridgehead atoms. The Morgan fingerprint density at radius 2 is 1.70 bits per heavy atom. The minimum atomic E-state index is 0.524. The Morgan fingerprint density at radius 3 is 2.50 bits per heavy atom. The van der Waals surface area contributed by atoms with E-state index in [0.717, 1.165) is 58.1 Å². The number of H-pyrrole nitrogens is 1. The molecule has 2 aromatic heterocycles. The van der Waals surface area contributed by atoms with E-state index in [0.29, 0.717) is 24.6 Å². The van der Waals surface area contributed by atoms with Crippen molar-refractivity contribution >= 4 is 21.7 Å². The molecule has 0 radical (unpaired) electrons. The molecule has 0 unspecified atom stereocenters. The van der Waals surface area contributed by atoms with Crippen molar-refractivity contribution in [2.75, 3.05) is 13.2 Å². The lowest BCUT2D eigenvalue weighted by molar-refractivity contribution is 0.0852. The fourth-order valence-electron chi connectivity index (χ4n) is 6.17. The average molecular weight is 537 g/mol. The van der Waals surface area contributed by atoms with Gasteiger partial charge in [-0.2, -0.15) is 10.2 Å². The van der Waals surface area contributed by atoms with Crippen molar-refractivity contribution in [3.63, 3.8) is 0 Å². The number of rotatable bonds is 8. The molecule has 3 heterocycles. The Labute approximate surface area is 236 Å². The van der Waals surface area contributed by atoms with E-state index in [1.165, 1.54) is 30.0 Å². The van der Waals surface area contributed by atoms with Gasteiger partial charge in [0.05, 0.1) is 5.52 Å². The number of hydrogen-bond donors (Lipinski definition) is 1. The fourth-order valence-corrected chi connectivity index (χ4v) is 6.17. The number of likely N-dealkylation sites (tertiary alicyclic amines) is 1. The Morgan fingerprint density at radius 1 is 0.950 bits per heavy atom. The molecule has 1 saturated heterocycles. The van der Waals surface area contributed by atoms with Crippen LogP contribution in [-0.2, 0) is 13.5 Å². The fraction of sp³-hybridized carbons (Fsp3) is 0.424. The largest absolute Gasteiger partial charge is 0.492 e. The number of aromatic amines is 1. The molecule has 5 aromatic rings. The molecule has 208 valence electrons. The number of aromatic nitrogens is 5. The molecule has 1 aliphatic rings. The van der Waals surface area contributed by atoms with Gasteiger partial charge in [0.2, 0.25) is 0 Å². The monoisotopic (exact) mass is 536 g/mol. The molecular formula is C33H40N6O.